The Balaban J connectivity index is 2.93. The van der Waals surface area contributed by atoms with Crippen LogP contribution in [0.25, 0.3) is 0 Å². The number of hydrogen-bond acceptors (Lipinski definition) is 2. The molecule has 4 heteroatoms. The van der Waals surface area contributed by atoms with Gasteiger partial charge in [-0.25, -0.2) is 0 Å². The van der Waals surface area contributed by atoms with Crippen molar-refractivity contribution in [3.8, 4) is 0 Å². The standard InChI is InChI=1S/C9H11Cl2NO/c1-12(5-6-13)8-4-2-3-7(10)9(8)11/h2-4,13H,5-6H2,1H3. The van der Waals surface area contributed by atoms with Gasteiger partial charge in [0.1, 0.15) is 0 Å². The van der Waals surface area contributed by atoms with Gasteiger partial charge in [0, 0.05) is 13.6 Å². The van der Waals surface area contributed by atoms with Crippen LogP contribution in [0.1, 0.15) is 0 Å². The fourth-order valence-corrected chi connectivity index (χ4v) is 1.50. The fraction of sp³-hybridized carbons (Fsp3) is 0.333. The third-order valence-electron chi connectivity index (χ3n) is 1.78. The molecule has 2 nitrogen and oxygen atoms in total. The zero-order valence-electron chi connectivity index (χ0n) is 7.30. The Bertz CT molecular complexity index is 291. The van der Waals surface area contributed by atoms with Crippen molar-refractivity contribution in [1.29, 1.82) is 0 Å². The number of likely N-dealkylation sites (N-methyl/N-ethyl adjacent to an activating group) is 1. The number of aliphatic hydroxyl groups excluding tert-OH is 1. The Kier molecular flexibility index (Phi) is 3.85. The summed E-state index contributed by atoms with van der Waals surface area (Å²) in [6.07, 6.45) is 0. The quantitative estimate of drug-likeness (QED) is 0.845. The molecule has 0 spiro atoms. The number of anilines is 1. The van der Waals surface area contributed by atoms with Crippen molar-refractivity contribution in [2.45, 2.75) is 0 Å². The highest BCUT2D eigenvalue weighted by atomic mass is 35.5. The lowest BCUT2D eigenvalue weighted by molar-refractivity contribution is 0.304. The van der Waals surface area contributed by atoms with Gasteiger partial charge in [-0.3, -0.25) is 0 Å². The van der Waals surface area contributed by atoms with Crippen LogP contribution in [-0.4, -0.2) is 25.3 Å². The summed E-state index contributed by atoms with van der Waals surface area (Å²) >= 11 is 11.8. The molecule has 0 radical (unpaired) electrons. The second kappa shape index (κ2) is 4.70. The Hall–Kier alpha value is -0.440. The van der Waals surface area contributed by atoms with Gasteiger partial charge in [0.2, 0.25) is 0 Å². The maximum atomic E-state index is 8.74. The van der Waals surface area contributed by atoms with Gasteiger partial charge in [-0.15, -0.1) is 0 Å². The van der Waals surface area contributed by atoms with Crippen LogP contribution >= 0.6 is 23.2 Å². The minimum absolute atomic E-state index is 0.0966. The molecule has 13 heavy (non-hydrogen) atoms. The molecular formula is C9H11Cl2NO. The van der Waals surface area contributed by atoms with E-state index in [1.165, 1.54) is 0 Å². The van der Waals surface area contributed by atoms with E-state index in [0.717, 1.165) is 5.69 Å². The molecule has 0 saturated carbocycles. The van der Waals surface area contributed by atoms with Crippen LogP contribution in [0, 0.1) is 0 Å². The molecule has 1 aromatic rings. The first kappa shape index (κ1) is 10.6. The second-order valence-corrected chi connectivity index (χ2v) is 3.50. The van der Waals surface area contributed by atoms with Crippen molar-refractivity contribution in [2.24, 2.45) is 0 Å². The van der Waals surface area contributed by atoms with E-state index >= 15 is 0 Å². The van der Waals surface area contributed by atoms with E-state index in [4.69, 9.17) is 28.3 Å². The van der Waals surface area contributed by atoms with E-state index in [1.54, 1.807) is 6.07 Å². The van der Waals surface area contributed by atoms with Gasteiger partial charge >= 0.3 is 0 Å². The molecule has 0 aromatic heterocycles. The summed E-state index contributed by atoms with van der Waals surface area (Å²) in [5, 5.41) is 9.80. The van der Waals surface area contributed by atoms with Gasteiger partial charge in [-0.05, 0) is 12.1 Å². The minimum atomic E-state index is 0.0966. The number of benzene rings is 1. The predicted octanol–water partition coefficient (Wildman–Crippen LogP) is 2.42. The maximum Gasteiger partial charge on any atom is 0.0825 e. The normalized spacial score (nSPS) is 10.2. The molecule has 1 rings (SSSR count). The second-order valence-electron chi connectivity index (χ2n) is 2.72. The lowest BCUT2D eigenvalue weighted by Crippen LogP contribution is -2.21. The summed E-state index contributed by atoms with van der Waals surface area (Å²) < 4.78 is 0. The first-order valence-corrected chi connectivity index (χ1v) is 4.68. The Morgan fingerprint density at radius 3 is 2.69 bits per heavy atom. The monoisotopic (exact) mass is 219 g/mol. The van der Waals surface area contributed by atoms with E-state index in [1.807, 2.05) is 24.1 Å². The molecule has 0 amide bonds. The van der Waals surface area contributed by atoms with Crippen LogP contribution in [0.3, 0.4) is 0 Å². The first-order chi connectivity index (χ1) is 6.16. The maximum absolute atomic E-state index is 8.74. The first-order valence-electron chi connectivity index (χ1n) is 3.93. The van der Waals surface area contributed by atoms with Gasteiger partial charge in [0.15, 0.2) is 0 Å². The van der Waals surface area contributed by atoms with Crippen molar-refractivity contribution in [3.05, 3.63) is 28.2 Å². The molecule has 72 valence electrons. The largest absolute Gasteiger partial charge is 0.395 e. The molecule has 0 fully saturated rings. The van der Waals surface area contributed by atoms with Gasteiger partial charge in [-0.2, -0.15) is 0 Å². The Labute approximate surface area is 87.7 Å². The van der Waals surface area contributed by atoms with Crippen molar-refractivity contribution < 1.29 is 5.11 Å². The molecule has 0 heterocycles. The van der Waals surface area contributed by atoms with Crippen LogP contribution in [0.15, 0.2) is 18.2 Å². The van der Waals surface area contributed by atoms with E-state index in [0.29, 0.717) is 16.6 Å². The number of aliphatic hydroxyl groups is 1. The summed E-state index contributed by atoms with van der Waals surface area (Å²) in [4.78, 5) is 1.86. The van der Waals surface area contributed by atoms with E-state index < -0.39 is 0 Å². The van der Waals surface area contributed by atoms with Crippen molar-refractivity contribution in [1.82, 2.24) is 0 Å². The summed E-state index contributed by atoms with van der Waals surface area (Å²) in [5.74, 6) is 0. The van der Waals surface area contributed by atoms with Gasteiger partial charge in [0.05, 0.1) is 22.3 Å². The SMILES string of the molecule is CN(CCO)c1cccc(Cl)c1Cl. The highest BCUT2D eigenvalue weighted by molar-refractivity contribution is 6.43. The third kappa shape index (κ3) is 2.50. The lowest BCUT2D eigenvalue weighted by atomic mass is 10.3. The number of rotatable bonds is 3. The number of hydrogen-bond donors (Lipinski definition) is 1. The molecule has 0 aliphatic heterocycles. The van der Waals surface area contributed by atoms with Gasteiger partial charge < -0.3 is 10.0 Å². The van der Waals surface area contributed by atoms with Crippen LogP contribution < -0.4 is 4.90 Å². The molecule has 1 N–H and O–H groups in total. The molecule has 1 aromatic carbocycles. The highest BCUT2D eigenvalue weighted by Crippen LogP contribution is 2.31. The summed E-state index contributed by atoms with van der Waals surface area (Å²) in [6.45, 7) is 0.638. The van der Waals surface area contributed by atoms with Crippen LogP contribution in [-0.2, 0) is 0 Å². The molecule has 0 aliphatic rings. The lowest BCUT2D eigenvalue weighted by Gasteiger charge is -2.19. The fourth-order valence-electron chi connectivity index (χ4n) is 1.06. The van der Waals surface area contributed by atoms with E-state index in [-0.39, 0.29) is 6.61 Å². The summed E-state index contributed by atoms with van der Waals surface area (Å²) in [7, 11) is 1.85. The summed E-state index contributed by atoms with van der Waals surface area (Å²) in [6, 6.07) is 5.43. The van der Waals surface area contributed by atoms with Crippen LogP contribution in [0.5, 0.6) is 0 Å². The van der Waals surface area contributed by atoms with Crippen molar-refractivity contribution in [3.63, 3.8) is 0 Å². The molecule has 0 atom stereocenters. The minimum Gasteiger partial charge on any atom is -0.395 e. The molecular weight excluding hydrogens is 209 g/mol. The van der Waals surface area contributed by atoms with E-state index in [9.17, 15) is 0 Å². The molecule has 0 aliphatic carbocycles. The zero-order chi connectivity index (χ0) is 9.84. The van der Waals surface area contributed by atoms with Crippen LogP contribution in [0.4, 0.5) is 5.69 Å². The Morgan fingerprint density at radius 2 is 2.08 bits per heavy atom. The topological polar surface area (TPSA) is 23.5 Å². The zero-order valence-corrected chi connectivity index (χ0v) is 8.81. The van der Waals surface area contributed by atoms with Gasteiger partial charge in [-0.1, -0.05) is 29.3 Å². The van der Waals surface area contributed by atoms with E-state index in [2.05, 4.69) is 0 Å². The number of nitrogens with zero attached hydrogens (tertiary/aromatic N) is 1. The Morgan fingerprint density at radius 1 is 1.38 bits per heavy atom. The van der Waals surface area contributed by atoms with Crippen molar-refractivity contribution >= 4 is 28.9 Å². The summed E-state index contributed by atoms with van der Waals surface area (Å²) in [5.41, 5.74) is 0.836. The number of halogens is 2. The molecule has 0 unspecified atom stereocenters. The molecule has 0 saturated heterocycles. The average Bonchev–Trinajstić information content (AvgIpc) is 2.10. The molecule has 0 bridgehead atoms. The van der Waals surface area contributed by atoms with Crippen LogP contribution in [0.2, 0.25) is 10.0 Å². The smallest absolute Gasteiger partial charge is 0.0825 e. The van der Waals surface area contributed by atoms with Crippen molar-refractivity contribution in [2.75, 3.05) is 25.1 Å². The van der Waals surface area contributed by atoms with Gasteiger partial charge in [0.25, 0.3) is 0 Å². The highest BCUT2D eigenvalue weighted by Gasteiger charge is 2.07. The average molecular weight is 220 g/mol. The third-order valence-corrected chi connectivity index (χ3v) is 2.59. The predicted molar refractivity (Wildman–Crippen MR) is 56.8 cm³/mol.